The summed E-state index contributed by atoms with van der Waals surface area (Å²) in [6, 6.07) is 0. The van der Waals surface area contributed by atoms with E-state index in [0.717, 1.165) is 32.2 Å². The second-order valence-corrected chi connectivity index (χ2v) is 6.42. The minimum absolute atomic E-state index is 0.183. The van der Waals surface area contributed by atoms with Crippen LogP contribution in [0.5, 0.6) is 0 Å². The highest BCUT2D eigenvalue weighted by molar-refractivity contribution is 5.68. The van der Waals surface area contributed by atoms with E-state index in [0.29, 0.717) is 11.3 Å². The van der Waals surface area contributed by atoms with Crippen LogP contribution >= 0.6 is 0 Å². The fourth-order valence-corrected chi connectivity index (χ4v) is 3.17. The van der Waals surface area contributed by atoms with Crippen molar-refractivity contribution < 1.29 is 9.90 Å². The van der Waals surface area contributed by atoms with E-state index < -0.39 is 5.97 Å². The first-order chi connectivity index (χ1) is 7.81. The smallest absolute Gasteiger partial charge is 0.305 e. The minimum Gasteiger partial charge on any atom is -0.481 e. The molecular weight excluding hydrogens is 214 g/mol. The Morgan fingerprint density at radius 2 is 2.06 bits per heavy atom. The average molecular weight is 241 g/mol. The van der Waals surface area contributed by atoms with E-state index in [9.17, 15) is 4.79 Å². The SMILES string of the molecule is CCCNC1(CC(=O)O)CCC(C)(C)CC1C. The summed E-state index contributed by atoms with van der Waals surface area (Å²) >= 11 is 0. The van der Waals surface area contributed by atoms with Crippen molar-refractivity contribution in [1.29, 1.82) is 0 Å². The van der Waals surface area contributed by atoms with E-state index in [1.165, 1.54) is 0 Å². The maximum atomic E-state index is 11.1. The van der Waals surface area contributed by atoms with Crippen LogP contribution in [0, 0.1) is 11.3 Å². The molecule has 0 aliphatic heterocycles. The summed E-state index contributed by atoms with van der Waals surface area (Å²) in [6.07, 6.45) is 4.51. The molecule has 0 saturated heterocycles. The van der Waals surface area contributed by atoms with E-state index in [1.807, 2.05) is 0 Å². The third-order valence-corrected chi connectivity index (χ3v) is 4.24. The molecule has 0 spiro atoms. The number of aliphatic carboxylic acids is 1. The Balaban J connectivity index is 2.79. The molecule has 2 unspecified atom stereocenters. The van der Waals surface area contributed by atoms with Crippen molar-refractivity contribution in [3.05, 3.63) is 0 Å². The molecule has 1 fully saturated rings. The second kappa shape index (κ2) is 5.38. The van der Waals surface area contributed by atoms with Gasteiger partial charge in [-0.05, 0) is 43.6 Å². The molecule has 1 aliphatic carbocycles. The molecule has 2 atom stereocenters. The Bertz CT molecular complexity index is 275. The molecule has 3 heteroatoms. The molecule has 2 N–H and O–H groups in total. The summed E-state index contributed by atoms with van der Waals surface area (Å²) in [6.45, 7) is 9.81. The summed E-state index contributed by atoms with van der Waals surface area (Å²) in [4.78, 5) is 11.1. The summed E-state index contributed by atoms with van der Waals surface area (Å²) in [5, 5.41) is 12.7. The Kier molecular flexibility index (Phi) is 4.59. The largest absolute Gasteiger partial charge is 0.481 e. The molecule has 1 rings (SSSR count). The van der Waals surface area contributed by atoms with Gasteiger partial charge in [-0.15, -0.1) is 0 Å². The van der Waals surface area contributed by atoms with Crippen molar-refractivity contribution in [2.45, 2.75) is 65.3 Å². The lowest BCUT2D eigenvalue weighted by atomic mass is 9.62. The lowest BCUT2D eigenvalue weighted by Gasteiger charge is -2.48. The summed E-state index contributed by atoms with van der Waals surface area (Å²) < 4.78 is 0. The zero-order chi connectivity index (χ0) is 13.1. The van der Waals surface area contributed by atoms with Crippen LogP contribution in [0.3, 0.4) is 0 Å². The van der Waals surface area contributed by atoms with Crippen molar-refractivity contribution in [3.63, 3.8) is 0 Å². The monoisotopic (exact) mass is 241 g/mol. The Labute approximate surface area is 105 Å². The molecule has 1 aliphatic rings. The summed E-state index contributed by atoms with van der Waals surface area (Å²) in [5.74, 6) is -0.256. The number of rotatable bonds is 5. The zero-order valence-electron chi connectivity index (χ0n) is 11.7. The van der Waals surface area contributed by atoms with Gasteiger partial charge in [0.25, 0.3) is 0 Å². The van der Waals surface area contributed by atoms with Gasteiger partial charge in [-0.1, -0.05) is 27.7 Å². The van der Waals surface area contributed by atoms with Crippen LogP contribution in [-0.4, -0.2) is 23.2 Å². The normalized spacial score (nSPS) is 32.4. The second-order valence-electron chi connectivity index (χ2n) is 6.42. The van der Waals surface area contributed by atoms with E-state index in [1.54, 1.807) is 0 Å². The predicted octanol–water partition coefficient (Wildman–Crippen LogP) is 3.05. The maximum absolute atomic E-state index is 11.1. The molecule has 0 amide bonds. The highest BCUT2D eigenvalue weighted by Gasteiger charge is 2.44. The molecule has 0 aromatic rings. The third-order valence-electron chi connectivity index (χ3n) is 4.24. The van der Waals surface area contributed by atoms with Crippen LogP contribution in [-0.2, 0) is 4.79 Å². The van der Waals surface area contributed by atoms with Crippen molar-refractivity contribution in [3.8, 4) is 0 Å². The Hall–Kier alpha value is -0.570. The summed E-state index contributed by atoms with van der Waals surface area (Å²) in [5.41, 5.74) is 0.173. The topological polar surface area (TPSA) is 49.3 Å². The lowest BCUT2D eigenvalue weighted by molar-refractivity contribution is -0.140. The number of hydrogen-bond acceptors (Lipinski definition) is 2. The number of carbonyl (C=O) groups is 1. The molecule has 0 heterocycles. The van der Waals surface area contributed by atoms with Gasteiger partial charge in [0.05, 0.1) is 6.42 Å². The number of carboxylic acids is 1. The van der Waals surface area contributed by atoms with E-state index in [2.05, 4.69) is 33.0 Å². The molecule has 3 nitrogen and oxygen atoms in total. The van der Waals surface area contributed by atoms with Crippen LogP contribution in [0.25, 0.3) is 0 Å². The fraction of sp³-hybridized carbons (Fsp3) is 0.929. The highest BCUT2D eigenvalue weighted by atomic mass is 16.4. The number of nitrogens with one attached hydrogen (secondary N) is 1. The highest BCUT2D eigenvalue weighted by Crippen LogP contribution is 2.45. The van der Waals surface area contributed by atoms with Gasteiger partial charge in [0.2, 0.25) is 0 Å². The number of hydrogen-bond donors (Lipinski definition) is 2. The van der Waals surface area contributed by atoms with E-state index >= 15 is 0 Å². The van der Waals surface area contributed by atoms with Crippen LogP contribution < -0.4 is 5.32 Å². The van der Waals surface area contributed by atoms with Gasteiger partial charge in [-0.25, -0.2) is 0 Å². The van der Waals surface area contributed by atoms with Crippen LogP contribution in [0.1, 0.15) is 59.8 Å². The van der Waals surface area contributed by atoms with Gasteiger partial charge in [0.15, 0.2) is 0 Å². The first kappa shape index (κ1) is 14.5. The van der Waals surface area contributed by atoms with Crippen LogP contribution in [0.4, 0.5) is 0 Å². The molecule has 0 aromatic carbocycles. The first-order valence-corrected chi connectivity index (χ1v) is 6.78. The summed E-state index contributed by atoms with van der Waals surface area (Å²) in [7, 11) is 0. The molecule has 17 heavy (non-hydrogen) atoms. The van der Waals surface area contributed by atoms with Crippen molar-refractivity contribution in [2.24, 2.45) is 11.3 Å². The Morgan fingerprint density at radius 3 is 2.53 bits per heavy atom. The average Bonchev–Trinajstić information content (AvgIpc) is 2.19. The zero-order valence-corrected chi connectivity index (χ0v) is 11.7. The van der Waals surface area contributed by atoms with Gasteiger partial charge < -0.3 is 10.4 Å². The molecule has 1 saturated carbocycles. The number of carboxylic acid groups (broad SMARTS) is 1. The predicted molar refractivity (Wildman–Crippen MR) is 70.1 cm³/mol. The Morgan fingerprint density at radius 1 is 1.41 bits per heavy atom. The fourth-order valence-electron chi connectivity index (χ4n) is 3.17. The molecule has 0 aromatic heterocycles. The van der Waals surface area contributed by atoms with E-state index in [-0.39, 0.29) is 12.0 Å². The third kappa shape index (κ3) is 3.70. The van der Waals surface area contributed by atoms with Gasteiger partial charge >= 0.3 is 5.97 Å². The molecule has 0 radical (unpaired) electrons. The lowest BCUT2D eigenvalue weighted by Crippen LogP contribution is -2.56. The van der Waals surface area contributed by atoms with Gasteiger partial charge in [-0.2, -0.15) is 0 Å². The quantitative estimate of drug-likeness (QED) is 0.778. The molecular formula is C14H27NO2. The van der Waals surface area contributed by atoms with Crippen molar-refractivity contribution >= 4 is 5.97 Å². The molecule has 0 bridgehead atoms. The maximum Gasteiger partial charge on any atom is 0.305 e. The van der Waals surface area contributed by atoms with Gasteiger partial charge in [0.1, 0.15) is 0 Å². The van der Waals surface area contributed by atoms with Crippen LogP contribution in [0.15, 0.2) is 0 Å². The van der Waals surface area contributed by atoms with Crippen molar-refractivity contribution in [2.75, 3.05) is 6.54 Å². The van der Waals surface area contributed by atoms with E-state index in [4.69, 9.17) is 5.11 Å². The molecule has 100 valence electrons. The first-order valence-electron chi connectivity index (χ1n) is 6.78. The minimum atomic E-state index is -0.680. The standard InChI is InChI=1S/C14H27NO2/c1-5-8-15-14(10-12(16)17)7-6-13(3,4)9-11(14)2/h11,15H,5-10H2,1-4H3,(H,16,17). The van der Waals surface area contributed by atoms with Gasteiger partial charge in [0, 0.05) is 5.54 Å². The van der Waals surface area contributed by atoms with Gasteiger partial charge in [-0.3, -0.25) is 4.79 Å². The van der Waals surface area contributed by atoms with Crippen LogP contribution in [0.2, 0.25) is 0 Å². The van der Waals surface area contributed by atoms with Crippen molar-refractivity contribution in [1.82, 2.24) is 5.32 Å².